The van der Waals surface area contributed by atoms with E-state index in [9.17, 15) is 13.2 Å². The maximum absolute atomic E-state index is 11.8. The van der Waals surface area contributed by atoms with Crippen molar-refractivity contribution in [2.45, 2.75) is 19.3 Å². The largest absolute Gasteiger partial charge is 0.381 e. The summed E-state index contributed by atoms with van der Waals surface area (Å²) >= 11 is 0. The lowest BCUT2D eigenvalue weighted by atomic mass is 10.00. The van der Waals surface area contributed by atoms with Crippen LogP contribution in [-0.2, 0) is 19.6 Å². The average Bonchev–Trinajstić information content (AvgIpc) is 2.58. The standard InChI is InChI=1S/C11H20N2O4S/c12-18(15,16)8-10-5-11(14)13(7-10)6-9-1-3-17-4-2-9/h9-10H,1-8H2,(H2,12,15,16). The van der Waals surface area contributed by atoms with E-state index < -0.39 is 10.0 Å². The van der Waals surface area contributed by atoms with E-state index in [2.05, 4.69) is 0 Å². The Morgan fingerprint density at radius 3 is 2.56 bits per heavy atom. The highest BCUT2D eigenvalue weighted by atomic mass is 32.2. The summed E-state index contributed by atoms with van der Waals surface area (Å²) in [4.78, 5) is 13.6. The molecule has 0 aromatic heterocycles. The SMILES string of the molecule is NS(=O)(=O)CC1CC(=O)N(CC2CCOCC2)C1. The number of nitrogens with two attached hydrogens (primary N) is 1. The third-order valence-electron chi connectivity index (χ3n) is 3.58. The van der Waals surface area contributed by atoms with Crippen molar-refractivity contribution in [2.24, 2.45) is 17.0 Å². The van der Waals surface area contributed by atoms with Crippen LogP contribution in [0, 0.1) is 11.8 Å². The maximum Gasteiger partial charge on any atom is 0.222 e. The van der Waals surface area contributed by atoms with Crippen molar-refractivity contribution in [1.82, 2.24) is 4.90 Å². The first-order valence-electron chi connectivity index (χ1n) is 6.30. The molecule has 6 nitrogen and oxygen atoms in total. The number of likely N-dealkylation sites (tertiary alicyclic amines) is 1. The van der Waals surface area contributed by atoms with Crippen LogP contribution in [0.25, 0.3) is 0 Å². The van der Waals surface area contributed by atoms with Gasteiger partial charge in [0.1, 0.15) is 0 Å². The maximum atomic E-state index is 11.8. The summed E-state index contributed by atoms with van der Waals surface area (Å²) in [5.41, 5.74) is 0. The zero-order valence-electron chi connectivity index (χ0n) is 10.4. The fourth-order valence-electron chi connectivity index (χ4n) is 2.71. The molecule has 2 heterocycles. The van der Waals surface area contributed by atoms with Gasteiger partial charge in [-0.25, -0.2) is 13.6 Å². The topological polar surface area (TPSA) is 89.7 Å². The predicted molar refractivity (Wildman–Crippen MR) is 66.2 cm³/mol. The van der Waals surface area contributed by atoms with Crippen LogP contribution in [0.15, 0.2) is 0 Å². The van der Waals surface area contributed by atoms with Gasteiger partial charge < -0.3 is 9.64 Å². The van der Waals surface area contributed by atoms with Crippen LogP contribution >= 0.6 is 0 Å². The van der Waals surface area contributed by atoms with Crippen LogP contribution in [0.2, 0.25) is 0 Å². The Balaban J connectivity index is 1.85. The first kappa shape index (κ1) is 13.8. The molecule has 0 aromatic rings. The molecule has 7 heteroatoms. The molecule has 104 valence electrons. The zero-order chi connectivity index (χ0) is 13.2. The molecule has 1 atom stereocenters. The molecule has 0 spiro atoms. The third kappa shape index (κ3) is 3.93. The summed E-state index contributed by atoms with van der Waals surface area (Å²) < 4.78 is 27.3. The summed E-state index contributed by atoms with van der Waals surface area (Å²) in [6, 6.07) is 0. The van der Waals surface area contributed by atoms with E-state index in [1.54, 1.807) is 4.90 Å². The quantitative estimate of drug-likeness (QED) is 0.753. The van der Waals surface area contributed by atoms with E-state index in [4.69, 9.17) is 9.88 Å². The molecule has 1 amide bonds. The van der Waals surface area contributed by atoms with Crippen molar-refractivity contribution in [3.8, 4) is 0 Å². The van der Waals surface area contributed by atoms with E-state index >= 15 is 0 Å². The lowest BCUT2D eigenvalue weighted by Gasteiger charge is -2.27. The molecule has 2 aliphatic rings. The van der Waals surface area contributed by atoms with Gasteiger partial charge in [0.05, 0.1) is 5.75 Å². The molecule has 0 radical (unpaired) electrons. The number of carbonyl (C=O) groups is 1. The molecule has 0 saturated carbocycles. The van der Waals surface area contributed by atoms with Gasteiger partial charge in [0.15, 0.2) is 0 Å². The average molecular weight is 276 g/mol. The molecule has 0 bridgehead atoms. The molecular formula is C11H20N2O4S. The summed E-state index contributed by atoms with van der Waals surface area (Å²) in [5, 5.41) is 5.02. The number of hydrogen-bond donors (Lipinski definition) is 1. The molecule has 18 heavy (non-hydrogen) atoms. The lowest BCUT2D eigenvalue weighted by Crippen LogP contribution is -2.34. The highest BCUT2D eigenvalue weighted by Gasteiger charge is 2.33. The van der Waals surface area contributed by atoms with Gasteiger partial charge in [0.2, 0.25) is 15.9 Å². The number of ether oxygens (including phenoxy) is 1. The van der Waals surface area contributed by atoms with Gasteiger partial charge in [-0.1, -0.05) is 0 Å². The number of rotatable bonds is 4. The van der Waals surface area contributed by atoms with Gasteiger partial charge in [-0.05, 0) is 18.8 Å². The van der Waals surface area contributed by atoms with Crippen molar-refractivity contribution in [1.29, 1.82) is 0 Å². The molecule has 2 N–H and O–H groups in total. The van der Waals surface area contributed by atoms with Gasteiger partial charge in [-0.2, -0.15) is 0 Å². The second-order valence-electron chi connectivity index (χ2n) is 5.25. The first-order valence-corrected chi connectivity index (χ1v) is 8.01. The summed E-state index contributed by atoms with van der Waals surface area (Å²) in [6.07, 6.45) is 2.26. The zero-order valence-corrected chi connectivity index (χ0v) is 11.2. The fourth-order valence-corrected chi connectivity index (χ4v) is 3.59. The number of nitrogens with zero attached hydrogens (tertiary/aromatic N) is 1. The van der Waals surface area contributed by atoms with Crippen molar-refractivity contribution in [3.05, 3.63) is 0 Å². The summed E-state index contributed by atoms with van der Waals surface area (Å²) in [5.74, 6) is 0.293. The van der Waals surface area contributed by atoms with Crippen LogP contribution in [0.4, 0.5) is 0 Å². The highest BCUT2D eigenvalue weighted by molar-refractivity contribution is 7.89. The van der Waals surface area contributed by atoms with E-state index in [1.807, 2.05) is 0 Å². The highest BCUT2D eigenvalue weighted by Crippen LogP contribution is 2.23. The number of hydrogen-bond acceptors (Lipinski definition) is 4. The van der Waals surface area contributed by atoms with E-state index in [-0.39, 0.29) is 17.6 Å². The monoisotopic (exact) mass is 276 g/mol. The Morgan fingerprint density at radius 2 is 1.94 bits per heavy atom. The second-order valence-corrected chi connectivity index (χ2v) is 6.91. The normalized spacial score (nSPS) is 26.8. The number of amides is 1. The Labute approximate surface area is 108 Å². The molecule has 0 aromatic carbocycles. The number of primary sulfonamides is 1. The minimum Gasteiger partial charge on any atom is -0.381 e. The molecule has 1 unspecified atom stereocenters. The van der Waals surface area contributed by atoms with Gasteiger partial charge in [-0.3, -0.25) is 4.79 Å². The third-order valence-corrected chi connectivity index (χ3v) is 4.52. The lowest BCUT2D eigenvalue weighted by molar-refractivity contribution is -0.128. The van der Waals surface area contributed by atoms with Crippen LogP contribution in [0.3, 0.4) is 0 Å². The minimum atomic E-state index is -3.49. The molecule has 2 fully saturated rings. The number of carbonyl (C=O) groups excluding carboxylic acids is 1. The molecular weight excluding hydrogens is 256 g/mol. The van der Waals surface area contributed by atoms with Crippen molar-refractivity contribution in [3.63, 3.8) is 0 Å². The van der Waals surface area contributed by atoms with Crippen LogP contribution in [-0.4, -0.2) is 51.3 Å². The molecule has 0 aliphatic carbocycles. The Hall–Kier alpha value is -0.660. The Morgan fingerprint density at radius 1 is 1.28 bits per heavy atom. The first-order chi connectivity index (χ1) is 8.44. The molecule has 2 saturated heterocycles. The Bertz CT molecular complexity index is 403. The van der Waals surface area contributed by atoms with E-state index in [1.165, 1.54) is 0 Å². The van der Waals surface area contributed by atoms with Gasteiger partial charge in [-0.15, -0.1) is 0 Å². The minimum absolute atomic E-state index is 0.0511. The van der Waals surface area contributed by atoms with E-state index in [0.29, 0.717) is 18.9 Å². The van der Waals surface area contributed by atoms with Crippen molar-refractivity contribution in [2.75, 3.05) is 32.1 Å². The fraction of sp³-hybridized carbons (Fsp3) is 0.909. The van der Waals surface area contributed by atoms with E-state index in [0.717, 1.165) is 32.6 Å². The van der Waals surface area contributed by atoms with Gasteiger partial charge >= 0.3 is 0 Å². The Kier molecular flexibility index (Phi) is 4.24. The second kappa shape index (κ2) is 5.54. The van der Waals surface area contributed by atoms with Gasteiger partial charge in [0.25, 0.3) is 0 Å². The molecule has 2 rings (SSSR count). The van der Waals surface area contributed by atoms with Crippen molar-refractivity contribution >= 4 is 15.9 Å². The smallest absolute Gasteiger partial charge is 0.222 e. The number of sulfonamides is 1. The predicted octanol–water partition coefficient (Wildman–Crippen LogP) is -0.450. The molecule has 2 aliphatic heterocycles. The van der Waals surface area contributed by atoms with Crippen molar-refractivity contribution < 1.29 is 17.9 Å². The van der Waals surface area contributed by atoms with Crippen LogP contribution in [0.5, 0.6) is 0 Å². The van der Waals surface area contributed by atoms with Gasteiger partial charge in [0, 0.05) is 38.6 Å². The summed E-state index contributed by atoms with van der Waals surface area (Å²) in [6.45, 7) is 2.76. The van der Waals surface area contributed by atoms with Crippen LogP contribution in [0.1, 0.15) is 19.3 Å². The van der Waals surface area contributed by atoms with Crippen LogP contribution < -0.4 is 5.14 Å². The summed E-state index contributed by atoms with van der Waals surface area (Å²) in [7, 11) is -3.49.